The molecule has 0 aromatic carbocycles. The third kappa shape index (κ3) is 1.66. The quantitative estimate of drug-likeness (QED) is 0.725. The van der Waals surface area contributed by atoms with Gasteiger partial charge < -0.3 is 10.6 Å². The lowest BCUT2D eigenvalue weighted by molar-refractivity contribution is 0.0995. The summed E-state index contributed by atoms with van der Waals surface area (Å²) >= 11 is 0. The molecule has 1 aliphatic heterocycles. The first-order valence-electron chi connectivity index (χ1n) is 4.64. The SMILES string of the molecule is NC(=O)c1cc(N2CCCC2)ncn1. The van der Waals surface area contributed by atoms with Gasteiger partial charge in [-0.2, -0.15) is 0 Å². The summed E-state index contributed by atoms with van der Waals surface area (Å²) in [5.74, 6) is 0.291. The van der Waals surface area contributed by atoms with Crippen LogP contribution in [0.2, 0.25) is 0 Å². The Balaban J connectivity index is 2.25. The van der Waals surface area contributed by atoms with Crippen molar-refractivity contribution in [2.24, 2.45) is 5.73 Å². The van der Waals surface area contributed by atoms with Crippen LogP contribution in [0.1, 0.15) is 23.3 Å². The van der Waals surface area contributed by atoms with Crippen molar-refractivity contribution in [3.63, 3.8) is 0 Å². The Labute approximate surface area is 82.0 Å². The smallest absolute Gasteiger partial charge is 0.267 e. The number of amides is 1. The van der Waals surface area contributed by atoms with Crippen LogP contribution in [-0.4, -0.2) is 29.0 Å². The zero-order chi connectivity index (χ0) is 9.97. The van der Waals surface area contributed by atoms with Crippen molar-refractivity contribution in [2.45, 2.75) is 12.8 Å². The molecule has 2 heterocycles. The van der Waals surface area contributed by atoms with Crippen LogP contribution in [0.25, 0.3) is 0 Å². The number of rotatable bonds is 2. The molecule has 1 saturated heterocycles. The highest BCUT2D eigenvalue weighted by atomic mass is 16.1. The molecule has 0 unspecified atom stereocenters. The highest BCUT2D eigenvalue weighted by Gasteiger charge is 2.14. The number of carbonyl (C=O) groups is 1. The van der Waals surface area contributed by atoms with Gasteiger partial charge >= 0.3 is 0 Å². The van der Waals surface area contributed by atoms with Crippen molar-refractivity contribution in [1.82, 2.24) is 9.97 Å². The molecule has 0 aliphatic carbocycles. The molecular weight excluding hydrogens is 180 g/mol. The number of aromatic nitrogens is 2. The third-order valence-electron chi connectivity index (χ3n) is 2.34. The van der Waals surface area contributed by atoms with Gasteiger partial charge in [0.2, 0.25) is 0 Å². The summed E-state index contributed by atoms with van der Waals surface area (Å²) in [4.78, 5) is 20.9. The van der Waals surface area contributed by atoms with Gasteiger partial charge in [-0.3, -0.25) is 4.79 Å². The fraction of sp³-hybridized carbons (Fsp3) is 0.444. The lowest BCUT2D eigenvalue weighted by Crippen LogP contribution is -2.21. The molecule has 0 atom stereocenters. The highest BCUT2D eigenvalue weighted by molar-refractivity contribution is 5.91. The maximum Gasteiger partial charge on any atom is 0.267 e. The van der Waals surface area contributed by atoms with E-state index in [0.29, 0.717) is 0 Å². The minimum absolute atomic E-state index is 0.280. The number of anilines is 1. The molecule has 1 aromatic rings. The maximum atomic E-state index is 10.9. The molecule has 5 heteroatoms. The first kappa shape index (κ1) is 8.93. The van der Waals surface area contributed by atoms with Crippen LogP contribution in [0.5, 0.6) is 0 Å². The standard InChI is InChI=1S/C9H12N4O/c10-9(14)7-5-8(12-6-11-7)13-3-1-2-4-13/h5-6H,1-4H2,(H2,10,14). The van der Waals surface area contributed by atoms with Crippen LogP contribution in [0.4, 0.5) is 5.82 Å². The lowest BCUT2D eigenvalue weighted by atomic mass is 10.3. The molecule has 0 radical (unpaired) electrons. The van der Waals surface area contributed by atoms with E-state index in [9.17, 15) is 4.79 Å². The van der Waals surface area contributed by atoms with E-state index in [1.165, 1.54) is 19.2 Å². The monoisotopic (exact) mass is 192 g/mol. The molecule has 2 rings (SSSR count). The molecule has 14 heavy (non-hydrogen) atoms. The first-order valence-corrected chi connectivity index (χ1v) is 4.64. The first-order chi connectivity index (χ1) is 6.77. The normalized spacial score (nSPS) is 15.9. The fourth-order valence-corrected chi connectivity index (χ4v) is 1.60. The van der Waals surface area contributed by atoms with Crippen molar-refractivity contribution in [3.8, 4) is 0 Å². The summed E-state index contributed by atoms with van der Waals surface area (Å²) in [5.41, 5.74) is 5.41. The van der Waals surface area contributed by atoms with E-state index >= 15 is 0 Å². The average molecular weight is 192 g/mol. The zero-order valence-corrected chi connectivity index (χ0v) is 7.81. The van der Waals surface area contributed by atoms with E-state index in [2.05, 4.69) is 14.9 Å². The molecule has 74 valence electrons. The predicted octanol–water partition coefficient (Wildman–Crippen LogP) is 0.176. The number of hydrogen-bond acceptors (Lipinski definition) is 4. The van der Waals surface area contributed by atoms with E-state index in [1.54, 1.807) is 6.07 Å². The number of nitrogens with two attached hydrogens (primary N) is 1. The Morgan fingerprint density at radius 1 is 1.36 bits per heavy atom. The Morgan fingerprint density at radius 3 is 2.71 bits per heavy atom. The summed E-state index contributed by atoms with van der Waals surface area (Å²) in [5, 5.41) is 0. The molecule has 1 fully saturated rings. The molecule has 1 aliphatic rings. The van der Waals surface area contributed by atoms with E-state index < -0.39 is 5.91 Å². The molecular formula is C9H12N4O. The Morgan fingerprint density at radius 2 is 2.07 bits per heavy atom. The van der Waals surface area contributed by atoms with Crippen LogP contribution >= 0.6 is 0 Å². The molecule has 2 N–H and O–H groups in total. The molecule has 0 spiro atoms. The molecule has 1 aromatic heterocycles. The highest BCUT2D eigenvalue weighted by Crippen LogP contribution is 2.17. The van der Waals surface area contributed by atoms with Gasteiger partial charge in [-0.1, -0.05) is 0 Å². The van der Waals surface area contributed by atoms with Gasteiger partial charge in [0.05, 0.1) is 0 Å². The summed E-state index contributed by atoms with van der Waals surface area (Å²) < 4.78 is 0. The Hall–Kier alpha value is -1.65. The van der Waals surface area contributed by atoms with Crippen molar-refractivity contribution < 1.29 is 4.79 Å². The van der Waals surface area contributed by atoms with Crippen LogP contribution in [0.15, 0.2) is 12.4 Å². The number of hydrogen-bond donors (Lipinski definition) is 1. The predicted molar refractivity (Wildman–Crippen MR) is 52.0 cm³/mol. The van der Waals surface area contributed by atoms with Gasteiger partial charge in [-0.05, 0) is 12.8 Å². The topological polar surface area (TPSA) is 72.1 Å². The minimum Gasteiger partial charge on any atom is -0.364 e. The second kappa shape index (κ2) is 3.61. The molecule has 0 saturated carbocycles. The molecule has 0 bridgehead atoms. The second-order valence-electron chi connectivity index (χ2n) is 3.32. The van der Waals surface area contributed by atoms with E-state index in [0.717, 1.165) is 18.9 Å². The summed E-state index contributed by atoms with van der Waals surface area (Å²) in [6, 6.07) is 1.65. The van der Waals surface area contributed by atoms with Gasteiger partial charge in [-0.15, -0.1) is 0 Å². The van der Waals surface area contributed by atoms with E-state index in [1.807, 2.05) is 0 Å². The molecule has 5 nitrogen and oxygen atoms in total. The van der Waals surface area contributed by atoms with E-state index in [-0.39, 0.29) is 5.69 Å². The van der Waals surface area contributed by atoms with Crippen LogP contribution in [-0.2, 0) is 0 Å². The average Bonchev–Trinajstić information content (AvgIpc) is 2.71. The van der Waals surface area contributed by atoms with Gasteiger partial charge in [-0.25, -0.2) is 9.97 Å². The number of primary amides is 1. The lowest BCUT2D eigenvalue weighted by Gasteiger charge is -2.15. The Kier molecular flexibility index (Phi) is 2.30. The fourth-order valence-electron chi connectivity index (χ4n) is 1.60. The van der Waals surface area contributed by atoms with Gasteiger partial charge in [0.25, 0.3) is 5.91 Å². The molecule has 1 amide bonds. The van der Waals surface area contributed by atoms with Gasteiger partial charge in [0, 0.05) is 19.2 Å². The van der Waals surface area contributed by atoms with Crippen molar-refractivity contribution in [2.75, 3.05) is 18.0 Å². The summed E-state index contributed by atoms with van der Waals surface area (Å²) in [7, 11) is 0. The van der Waals surface area contributed by atoms with Gasteiger partial charge in [0.15, 0.2) is 0 Å². The van der Waals surface area contributed by atoms with Crippen LogP contribution in [0.3, 0.4) is 0 Å². The number of nitrogens with zero attached hydrogens (tertiary/aromatic N) is 3. The Bertz CT molecular complexity index is 346. The largest absolute Gasteiger partial charge is 0.364 e. The minimum atomic E-state index is -0.507. The van der Waals surface area contributed by atoms with Crippen LogP contribution in [0, 0.1) is 0 Å². The van der Waals surface area contributed by atoms with E-state index in [4.69, 9.17) is 5.73 Å². The second-order valence-corrected chi connectivity index (χ2v) is 3.32. The van der Waals surface area contributed by atoms with Crippen LogP contribution < -0.4 is 10.6 Å². The number of carbonyl (C=O) groups excluding carboxylic acids is 1. The third-order valence-corrected chi connectivity index (χ3v) is 2.34. The summed E-state index contributed by atoms with van der Waals surface area (Å²) in [6.45, 7) is 1.99. The van der Waals surface area contributed by atoms with Crippen molar-refractivity contribution >= 4 is 11.7 Å². The maximum absolute atomic E-state index is 10.9. The zero-order valence-electron chi connectivity index (χ0n) is 7.81. The van der Waals surface area contributed by atoms with Crippen molar-refractivity contribution in [3.05, 3.63) is 18.1 Å². The van der Waals surface area contributed by atoms with Crippen molar-refractivity contribution in [1.29, 1.82) is 0 Å². The van der Waals surface area contributed by atoms with Gasteiger partial charge in [0.1, 0.15) is 17.8 Å². The summed E-state index contributed by atoms with van der Waals surface area (Å²) in [6.07, 6.45) is 3.74.